The number of pyridine rings is 1. The summed E-state index contributed by atoms with van der Waals surface area (Å²) in [5, 5.41) is 3.49. The molecule has 16 heavy (non-hydrogen) atoms. The SMILES string of the molecule is Brc1cccc(NCC(C2CC2)C2CC2)n1. The molecule has 1 N–H and O–H groups in total. The molecule has 0 saturated heterocycles. The molecular weight excluding hydrogens is 264 g/mol. The van der Waals surface area contributed by atoms with Crippen LogP contribution in [0.3, 0.4) is 0 Å². The van der Waals surface area contributed by atoms with Crippen LogP contribution in [-0.2, 0) is 0 Å². The van der Waals surface area contributed by atoms with Crippen LogP contribution in [0.5, 0.6) is 0 Å². The van der Waals surface area contributed by atoms with Crippen molar-refractivity contribution in [2.75, 3.05) is 11.9 Å². The molecule has 3 heteroatoms. The molecule has 0 atom stereocenters. The lowest BCUT2D eigenvalue weighted by Gasteiger charge is -2.16. The van der Waals surface area contributed by atoms with Crippen molar-refractivity contribution < 1.29 is 0 Å². The smallest absolute Gasteiger partial charge is 0.127 e. The molecule has 2 aliphatic rings. The van der Waals surface area contributed by atoms with Crippen molar-refractivity contribution >= 4 is 21.7 Å². The van der Waals surface area contributed by atoms with E-state index in [-0.39, 0.29) is 0 Å². The molecule has 2 fully saturated rings. The second-order valence-electron chi connectivity index (χ2n) is 5.07. The van der Waals surface area contributed by atoms with Gasteiger partial charge in [0.1, 0.15) is 10.4 Å². The minimum absolute atomic E-state index is 0.904. The van der Waals surface area contributed by atoms with Crippen molar-refractivity contribution in [3.63, 3.8) is 0 Å². The summed E-state index contributed by atoms with van der Waals surface area (Å²) in [6.45, 7) is 1.11. The maximum Gasteiger partial charge on any atom is 0.127 e. The summed E-state index contributed by atoms with van der Waals surface area (Å²) >= 11 is 3.40. The standard InChI is InChI=1S/C13H17BrN2/c14-12-2-1-3-13(16-12)15-8-11(9-4-5-9)10-6-7-10/h1-3,9-11H,4-8H2,(H,15,16). The molecule has 86 valence electrons. The first kappa shape index (κ1) is 10.6. The maximum absolute atomic E-state index is 4.41. The largest absolute Gasteiger partial charge is 0.370 e. The minimum atomic E-state index is 0.904. The maximum atomic E-state index is 4.41. The summed E-state index contributed by atoms with van der Waals surface area (Å²) in [4.78, 5) is 4.41. The van der Waals surface area contributed by atoms with E-state index in [1.165, 1.54) is 25.7 Å². The highest BCUT2D eigenvalue weighted by Gasteiger charge is 2.40. The van der Waals surface area contributed by atoms with Gasteiger partial charge >= 0.3 is 0 Å². The molecule has 3 rings (SSSR count). The van der Waals surface area contributed by atoms with Crippen molar-refractivity contribution in [1.29, 1.82) is 0 Å². The Morgan fingerprint density at radius 1 is 1.25 bits per heavy atom. The molecule has 2 saturated carbocycles. The van der Waals surface area contributed by atoms with E-state index in [1.807, 2.05) is 18.2 Å². The van der Waals surface area contributed by atoms with Gasteiger partial charge in [-0.25, -0.2) is 4.98 Å². The van der Waals surface area contributed by atoms with Gasteiger partial charge in [-0.05, 0) is 71.5 Å². The predicted octanol–water partition coefficient (Wildman–Crippen LogP) is 3.69. The van der Waals surface area contributed by atoms with Gasteiger partial charge in [-0.3, -0.25) is 0 Å². The Balaban J connectivity index is 1.58. The van der Waals surface area contributed by atoms with Gasteiger partial charge in [0.15, 0.2) is 0 Å². The molecule has 0 radical (unpaired) electrons. The number of nitrogens with one attached hydrogen (secondary N) is 1. The summed E-state index contributed by atoms with van der Waals surface area (Å²) < 4.78 is 0.909. The first-order valence-corrected chi connectivity index (χ1v) is 6.98. The fourth-order valence-electron chi connectivity index (χ4n) is 2.50. The van der Waals surface area contributed by atoms with Gasteiger partial charge in [-0.1, -0.05) is 6.07 Å². The van der Waals surface area contributed by atoms with Crippen molar-refractivity contribution in [1.82, 2.24) is 4.98 Å². The molecule has 1 aromatic rings. The Kier molecular flexibility index (Phi) is 2.88. The quantitative estimate of drug-likeness (QED) is 0.832. The van der Waals surface area contributed by atoms with E-state index >= 15 is 0 Å². The fourth-order valence-corrected chi connectivity index (χ4v) is 2.84. The monoisotopic (exact) mass is 280 g/mol. The molecule has 0 bridgehead atoms. The Bertz CT molecular complexity index is 360. The molecule has 2 aliphatic carbocycles. The highest BCUT2D eigenvalue weighted by atomic mass is 79.9. The van der Waals surface area contributed by atoms with Gasteiger partial charge in [-0.15, -0.1) is 0 Å². The Hall–Kier alpha value is -0.570. The zero-order chi connectivity index (χ0) is 11.0. The molecule has 2 nitrogen and oxygen atoms in total. The number of hydrogen-bond acceptors (Lipinski definition) is 2. The number of rotatable bonds is 5. The fraction of sp³-hybridized carbons (Fsp3) is 0.615. The zero-order valence-electron chi connectivity index (χ0n) is 9.32. The average molecular weight is 281 g/mol. The Labute approximate surface area is 105 Å². The predicted molar refractivity (Wildman–Crippen MR) is 69.4 cm³/mol. The minimum Gasteiger partial charge on any atom is -0.370 e. The number of aromatic nitrogens is 1. The molecule has 1 aromatic heterocycles. The van der Waals surface area contributed by atoms with Crippen molar-refractivity contribution in [3.8, 4) is 0 Å². The van der Waals surface area contributed by atoms with E-state index in [1.54, 1.807) is 0 Å². The van der Waals surface area contributed by atoms with Crippen LogP contribution in [0.4, 0.5) is 5.82 Å². The van der Waals surface area contributed by atoms with E-state index in [4.69, 9.17) is 0 Å². The van der Waals surface area contributed by atoms with Crippen LogP contribution in [0.15, 0.2) is 22.8 Å². The molecule has 0 amide bonds. The van der Waals surface area contributed by atoms with Crippen LogP contribution >= 0.6 is 15.9 Å². The summed E-state index contributed by atoms with van der Waals surface area (Å²) in [5.41, 5.74) is 0. The molecular formula is C13H17BrN2. The van der Waals surface area contributed by atoms with Crippen LogP contribution < -0.4 is 5.32 Å². The third-order valence-corrected chi connectivity index (χ3v) is 4.13. The van der Waals surface area contributed by atoms with Gasteiger partial charge < -0.3 is 5.32 Å². The molecule has 0 unspecified atom stereocenters. The van der Waals surface area contributed by atoms with E-state index in [0.717, 1.165) is 34.7 Å². The van der Waals surface area contributed by atoms with Gasteiger partial charge in [0, 0.05) is 6.54 Å². The summed E-state index contributed by atoms with van der Waals surface area (Å²) in [7, 11) is 0. The third kappa shape index (κ3) is 2.57. The van der Waals surface area contributed by atoms with Crippen molar-refractivity contribution in [3.05, 3.63) is 22.8 Å². The van der Waals surface area contributed by atoms with Crippen LogP contribution in [0.1, 0.15) is 25.7 Å². The lowest BCUT2D eigenvalue weighted by atomic mass is 9.98. The van der Waals surface area contributed by atoms with Crippen molar-refractivity contribution in [2.24, 2.45) is 17.8 Å². The van der Waals surface area contributed by atoms with Gasteiger partial charge in [0.25, 0.3) is 0 Å². The number of anilines is 1. The summed E-state index contributed by atoms with van der Waals surface area (Å²) in [5.74, 6) is 3.92. The molecule has 0 spiro atoms. The molecule has 1 heterocycles. The number of nitrogens with zero attached hydrogens (tertiary/aromatic N) is 1. The number of hydrogen-bond donors (Lipinski definition) is 1. The van der Waals surface area contributed by atoms with E-state index in [9.17, 15) is 0 Å². The zero-order valence-corrected chi connectivity index (χ0v) is 10.9. The first-order valence-electron chi connectivity index (χ1n) is 6.19. The highest BCUT2D eigenvalue weighted by molar-refractivity contribution is 9.10. The summed E-state index contributed by atoms with van der Waals surface area (Å²) in [6, 6.07) is 6.04. The van der Waals surface area contributed by atoms with Crippen LogP contribution in [-0.4, -0.2) is 11.5 Å². The second kappa shape index (κ2) is 4.36. The Morgan fingerprint density at radius 2 is 1.94 bits per heavy atom. The van der Waals surface area contributed by atoms with E-state index in [2.05, 4.69) is 26.2 Å². The lowest BCUT2D eigenvalue weighted by molar-refractivity contribution is 0.427. The third-order valence-electron chi connectivity index (χ3n) is 3.69. The van der Waals surface area contributed by atoms with Crippen LogP contribution in [0, 0.1) is 17.8 Å². The number of halogens is 1. The average Bonchev–Trinajstić information content (AvgIpc) is 3.13. The van der Waals surface area contributed by atoms with Gasteiger partial charge in [0.05, 0.1) is 0 Å². The van der Waals surface area contributed by atoms with Gasteiger partial charge in [0.2, 0.25) is 0 Å². The van der Waals surface area contributed by atoms with Gasteiger partial charge in [-0.2, -0.15) is 0 Å². The molecule has 0 aromatic carbocycles. The Morgan fingerprint density at radius 3 is 2.50 bits per heavy atom. The molecule has 0 aliphatic heterocycles. The van der Waals surface area contributed by atoms with Crippen LogP contribution in [0.2, 0.25) is 0 Å². The summed E-state index contributed by atoms with van der Waals surface area (Å²) in [6.07, 6.45) is 5.81. The van der Waals surface area contributed by atoms with Crippen LogP contribution in [0.25, 0.3) is 0 Å². The van der Waals surface area contributed by atoms with E-state index in [0.29, 0.717) is 0 Å². The highest BCUT2D eigenvalue weighted by Crippen LogP contribution is 2.49. The normalized spacial score (nSPS) is 20.1. The van der Waals surface area contributed by atoms with Crippen molar-refractivity contribution in [2.45, 2.75) is 25.7 Å². The topological polar surface area (TPSA) is 24.9 Å². The second-order valence-corrected chi connectivity index (χ2v) is 5.88. The van der Waals surface area contributed by atoms with E-state index < -0.39 is 0 Å². The lowest BCUT2D eigenvalue weighted by Crippen LogP contribution is -2.18. The first-order chi connectivity index (χ1) is 7.83.